The van der Waals surface area contributed by atoms with Gasteiger partial charge in [-0.15, -0.1) is 0 Å². The molecule has 0 radical (unpaired) electrons. The summed E-state index contributed by atoms with van der Waals surface area (Å²) >= 11 is 0. The highest BCUT2D eigenvalue weighted by Gasteiger charge is 2.12. The van der Waals surface area contributed by atoms with E-state index < -0.39 is 6.10 Å². The Morgan fingerprint density at radius 3 is 2.72 bits per heavy atom. The van der Waals surface area contributed by atoms with Gasteiger partial charge in [0.15, 0.2) is 0 Å². The Labute approximate surface area is 107 Å². The summed E-state index contributed by atoms with van der Waals surface area (Å²) in [7, 11) is 3.08. The molecule has 2 N–H and O–H groups in total. The number of hydrogen-bond donors (Lipinski definition) is 2. The van der Waals surface area contributed by atoms with Crippen LogP contribution in [-0.4, -0.2) is 44.5 Å². The monoisotopic (exact) mass is 253 g/mol. The normalized spacial score (nSPS) is 12.2. The molecule has 0 aliphatic rings. The Morgan fingerprint density at radius 2 is 2.06 bits per heavy atom. The molecule has 0 heterocycles. The molecule has 5 nitrogen and oxygen atoms in total. The molecule has 5 heteroatoms. The van der Waals surface area contributed by atoms with E-state index >= 15 is 0 Å². The van der Waals surface area contributed by atoms with Crippen molar-refractivity contribution < 1.29 is 19.4 Å². The Bertz CT molecular complexity index is 381. The zero-order valence-corrected chi connectivity index (χ0v) is 10.7. The minimum Gasteiger partial charge on any atom is -0.389 e. The van der Waals surface area contributed by atoms with E-state index in [1.165, 1.54) is 7.11 Å². The van der Waals surface area contributed by atoms with E-state index in [1.54, 1.807) is 19.2 Å². The lowest BCUT2D eigenvalue weighted by molar-refractivity contribution is 0.0609. The Kier molecular flexibility index (Phi) is 6.35. The zero-order chi connectivity index (χ0) is 13.4. The summed E-state index contributed by atoms with van der Waals surface area (Å²) in [6.07, 6.45) is -0.700. The van der Waals surface area contributed by atoms with Crippen LogP contribution in [0.25, 0.3) is 0 Å². The minimum absolute atomic E-state index is 0.161. The number of rotatable bonds is 7. The van der Waals surface area contributed by atoms with E-state index in [9.17, 15) is 9.90 Å². The van der Waals surface area contributed by atoms with Gasteiger partial charge in [-0.1, -0.05) is 18.2 Å². The largest absolute Gasteiger partial charge is 0.389 e. The van der Waals surface area contributed by atoms with E-state index in [-0.39, 0.29) is 19.1 Å². The third-order valence-corrected chi connectivity index (χ3v) is 2.42. The molecule has 100 valence electrons. The number of amides is 1. The van der Waals surface area contributed by atoms with Gasteiger partial charge in [-0.2, -0.15) is 0 Å². The van der Waals surface area contributed by atoms with Crippen LogP contribution in [0.3, 0.4) is 0 Å². The van der Waals surface area contributed by atoms with Gasteiger partial charge in [-0.05, 0) is 11.6 Å². The molecular weight excluding hydrogens is 234 g/mol. The molecule has 1 atom stereocenters. The van der Waals surface area contributed by atoms with Crippen LogP contribution in [0.1, 0.15) is 15.9 Å². The number of benzene rings is 1. The van der Waals surface area contributed by atoms with Crippen molar-refractivity contribution in [2.24, 2.45) is 0 Å². The number of nitrogens with one attached hydrogen (secondary N) is 1. The van der Waals surface area contributed by atoms with Gasteiger partial charge >= 0.3 is 0 Å². The van der Waals surface area contributed by atoms with Gasteiger partial charge in [0, 0.05) is 26.3 Å². The van der Waals surface area contributed by atoms with Crippen molar-refractivity contribution >= 4 is 5.91 Å². The zero-order valence-electron chi connectivity index (χ0n) is 10.7. The summed E-state index contributed by atoms with van der Waals surface area (Å²) in [4.78, 5) is 11.9. The number of carbonyl (C=O) groups is 1. The molecule has 0 saturated heterocycles. The molecule has 0 saturated carbocycles. The summed E-state index contributed by atoms with van der Waals surface area (Å²) in [5.41, 5.74) is 1.38. The van der Waals surface area contributed by atoms with E-state index in [4.69, 9.17) is 9.47 Å². The number of aliphatic hydroxyl groups is 1. The van der Waals surface area contributed by atoms with Crippen molar-refractivity contribution in [1.82, 2.24) is 5.32 Å². The molecule has 0 bridgehead atoms. The van der Waals surface area contributed by atoms with E-state index in [2.05, 4.69) is 5.32 Å². The fourth-order valence-corrected chi connectivity index (χ4v) is 1.58. The highest BCUT2D eigenvalue weighted by Crippen LogP contribution is 2.09. The van der Waals surface area contributed by atoms with Crippen molar-refractivity contribution in [2.75, 3.05) is 27.4 Å². The molecule has 1 aromatic rings. The lowest BCUT2D eigenvalue weighted by atomic mass is 10.1. The molecule has 0 aliphatic heterocycles. The summed E-state index contributed by atoms with van der Waals surface area (Å²) in [5, 5.41) is 12.1. The van der Waals surface area contributed by atoms with Crippen LogP contribution in [0.5, 0.6) is 0 Å². The van der Waals surface area contributed by atoms with Crippen LogP contribution >= 0.6 is 0 Å². The smallest absolute Gasteiger partial charge is 0.251 e. The maximum atomic E-state index is 11.9. The van der Waals surface area contributed by atoms with Crippen LogP contribution in [0.4, 0.5) is 0 Å². The van der Waals surface area contributed by atoms with Gasteiger partial charge in [-0.25, -0.2) is 0 Å². The van der Waals surface area contributed by atoms with Gasteiger partial charge in [0.05, 0.1) is 19.3 Å². The van der Waals surface area contributed by atoms with Crippen molar-refractivity contribution in [3.63, 3.8) is 0 Å². The quantitative estimate of drug-likeness (QED) is 0.745. The molecule has 0 spiro atoms. The Balaban J connectivity index is 2.60. The number of ether oxygens (including phenoxy) is 2. The summed E-state index contributed by atoms with van der Waals surface area (Å²) < 4.78 is 9.82. The van der Waals surface area contributed by atoms with Crippen LogP contribution in [0.15, 0.2) is 24.3 Å². The van der Waals surface area contributed by atoms with Gasteiger partial charge in [0.25, 0.3) is 5.91 Å². The maximum absolute atomic E-state index is 11.9. The van der Waals surface area contributed by atoms with Gasteiger partial charge in [0.2, 0.25) is 0 Å². The fraction of sp³-hybridized carbons (Fsp3) is 0.462. The van der Waals surface area contributed by atoms with E-state index in [0.29, 0.717) is 12.2 Å². The summed E-state index contributed by atoms with van der Waals surface area (Å²) in [6.45, 7) is 0.734. The lowest BCUT2D eigenvalue weighted by Crippen LogP contribution is -2.34. The van der Waals surface area contributed by atoms with E-state index in [0.717, 1.165) is 5.56 Å². The van der Waals surface area contributed by atoms with Crippen LogP contribution in [0.2, 0.25) is 0 Å². The van der Waals surface area contributed by atoms with Crippen molar-refractivity contribution in [3.8, 4) is 0 Å². The Hall–Kier alpha value is -1.43. The van der Waals surface area contributed by atoms with Gasteiger partial charge in [-0.3, -0.25) is 4.79 Å². The highest BCUT2D eigenvalue weighted by atomic mass is 16.5. The van der Waals surface area contributed by atoms with Crippen LogP contribution in [-0.2, 0) is 16.1 Å². The average Bonchev–Trinajstić information content (AvgIpc) is 2.37. The first-order chi connectivity index (χ1) is 8.69. The SMILES string of the molecule is COCc1ccccc1C(=O)NCC(O)COC. The maximum Gasteiger partial charge on any atom is 0.251 e. The molecule has 1 rings (SSSR count). The second-order valence-corrected chi connectivity index (χ2v) is 3.91. The third kappa shape index (κ3) is 4.44. The fourth-order valence-electron chi connectivity index (χ4n) is 1.58. The number of aliphatic hydroxyl groups excluding tert-OH is 1. The van der Waals surface area contributed by atoms with Crippen molar-refractivity contribution in [3.05, 3.63) is 35.4 Å². The summed E-state index contributed by atoms with van der Waals surface area (Å²) in [5.74, 6) is -0.224. The predicted octanol–water partition coefficient (Wildman–Crippen LogP) is 0.570. The Morgan fingerprint density at radius 1 is 1.33 bits per heavy atom. The molecular formula is C13H19NO4. The van der Waals surface area contributed by atoms with Crippen LogP contribution in [0, 0.1) is 0 Å². The van der Waals surface area contributed by atoms with E-state index in [1.807, 2.05) is 12.1 Å². The first-order valence-electron chi connectivity index (χ1n) is 5.71. The summed E-state index contributed by atoms with van der Waals surface area (Å²) in [6, 6.07) is 7.21. The third-order valence-electron chi connectivity index (χ3n) is 2.42. The second-order valence-electron chi connectivity index (χ2n) is 3.91. The molecule has 1 amide bonds. The van der Waals surface area contributed by atoms with Crippen LogP contribution < -0.4 is 5.32 Å². The number of carbonyl (C=O) groups excluding carboxylic acids is 1. The molecule has 0 aromatic heterocycles. The van der Waals surface area contributed by atoms with Crippen molar-refractivity contribution in [1.29, 1.82) is 0 Å². The first-order valence-corrected chi connectivity index (χ1v) is 5.71. The molecule has 1 aromatic carbocycles. The van der Waals surface area contributed by atoms with Gasteiger partial charge < -0.3 is 19.9 Å². The molecule has 0 aliphatic carbocycles. The topological polar surface area (TPSA) is 67.8 Å². The highest BCUT2D eigenvalue weighted by molar-refractivity contribution is 5.95. The minimum atomic E-state index is -0.700. The predicted molar refractivity (Wildman–Crippen MR) is 67.4 cm³/mol. The van der Waals surface area contributed by atoms with Crippen molar-refractivity contribution in [2.45, 2.75) is 12.7 Å². The molecule has 1 unspecified atom stereocenters. The molecule has 0 fully saturated rings. The first kappa shape index (κ1) is 14.6. The molecule has 18 heavy (non-hydrogen) atoms. The number of methoxy groups -OCH3 is 2. The standard InChI is InChI=1S/C13H19NO4/c1-17-8-10-5-3-4-6-12(10)13(16)14-7-11(15)9-18-2/h3-6,11,15H,7-9H2,1-2H3,(H,14,16). The second kappa shape index (κ2) is 7.81. The number of hydrogen-bond acceptors (Lipinski definition) is 4. The average molecular weight is 253 g/mol. The van der Waals surface area contributed by atoms with Gasteiger partial charge in [0.1, 0.15) is 0 Å². The lowest BCUT2D eigenvalue weighted by Gasteiger charge is -2.12.